The van der Waals surface area contributed by atoms with Crippen LogP contribution in [0.25, 0.3) is 0 Å². The fourth-order valence-electron chi connectivity index (χ4n) is 3.05. The topological polar surface area (TPSA) is 82.1 Å². The Morgan fingerprint density at radius 2 is 1.71 bits per heavy atom. The van der Waals surface area contributed by atoms with Gasteiger partial charge in [0, 0.05) is 31.9 Å². The first kappa shape index (κ1) is 19.5. The van der Waals surface area contributed by atoms with Gasteiger partial charge in [0.25, 0.3) is 0 Å². The maximum Gasteiger partial charge on any atom is 0.338 e. The first-order chi connectivity index (χ1) is 13.6. The van der Waals surface area contributed by atoms with Gasteiger partial charge in [0.2, 0.25) is 0 Å². The minimum absolute atomic E-state index is 0.182. The molecule has 0 atom stereocenters. The normalized spacial score (nSPS) is 13.9. The molecule has 3 rings (SSSR count). The van der Waals surface area contributed by atoms with Crippen LogP contribution in [-0.2, 0) is 4.74 Å². The molecule has 1 aliphatic rings. The molecule has 2 aromatic carbocycles. The van der Waals surface area contributed by atoms with Gasteiger partial charge >= 0.3 is 12.0 Å². The van der Waals surface area contributed by atoms with Crippen LogP contribution in [0, 0.1) is 0 Å². The van der Waals surface area contributed by atoms with Crippen molar-refractivity contribution < 1.29 is 19.4 Å². The highest BCUT2D eigenvalue weighted by Gasteiger charge is 2.22. The number of piperazine rings is 1. The Bertz CT molecular complexity index is 815. The summed E-state index contributed by atoms with van der Waals surface area (Å²) in [5, 5.41) is 12.8. The highest BCUT2D eigenvalue weighted by Crippen LogP contribution is 2.27. The maximum atomic E-state index is 12.5. The van der Waals surface area contributed by atoms with Crippen molar-refractivity contribution in [2.45, 2.75) is 13.3 Å². The van der Waals surface area contributed by atoms with E-state index >= 15 is 0 Å². The van der Waals surface area contributed by atoms with Crippen LogP contribution in [0.3, 0.4) is 0 Å². The number of para-hydroxylation sites is 2. The molecule has 2 amide bonds. The number of urea groups is 1. The zero-order valence-corrected chi connectivity index (χ0v) is 15.9. The number of nitrogens with one attached hydrogen (secondary N) is 1. The van der Waals surface area contributed by atoms with E-state index in [2.05, 4.69) is 10.2 Å². The lowest BCUT2D eigenvalue weighted by molar-refractivity contribution is 0.0505. The standard InChI is InChI=1S/C21H25N3O4/c1-2-15-28-20(26)16-7-9-17(10-8-16)22-21(27)24-13-11-23(12-14-24)18-5-3-4-6-19(18)25/h3-10,25H,2,11-15H2,1H3,(H,22,27). The predicted octanol–water partition coefficient (Wildman–Crippen LogP) is 3.31. The van der Waals surface area contributed by atoms with E-state index in [0.717, 1.165) is 12.1 Å². The van der Waals surface area contributed by atoms with Gasteiger partial charge in [-0.3, -0.25) is 0 Å². The second-order valence-electron chi connectivity index (χ2n) is 6.61. The minimum Gasteiger partial charge on any atom is -0.506 e. The lowest BCUT2D eigenvalue weighted by Gasteiger charge is -2.36. The SMILES string of the molecule is CCCOC(=O)c1ccc(NC(=O)N2CCN(c3ccccc3O)CC2)cc1. The summed E-state index contributed by atoms with van der Waals surface area (Å²) >= 11 is 0. The molecule has 1 heterocycles. The molecule has 7 heteroatoms. The molecule has 0 radical (unpaired) electrons. The Labute approximate surface area is 164 Å². The molecule has 0 bridgehead atoms. The summed E-state index contributed by atoms with van der Waals surface area (Å²) in [4.78, 5) is 28.1. The zero-order chi connectivity index (χ0) is 19.9. The largest absolute Gasteiger partial charge is 0.506 e. The summed E-state index contributed by atoms with van der Waals surface area (Å²) in [5.74, 6) is -0.113. The van der Waals surface area contributed by atoms with Crippen LogP contribution in [-0.4, -0.2) is 54.8 Å². The van der Waals surface area contributed by atoms with Crippen molar-refractivity contribution in [3.05, 3.63) is 54.1 Å². The Balaban J connectivity index is 1.52. The van der Waals surface area contributed by atoms with Gasteiger partial charge in [0.1, 0.15) is 5.75 Å². The van der Waals surface area contributed by atoms with Crippen molar-refractivity contribution in [3.8, 4) is 5.75 Å². The highest BCUT2D eigenvalue weighted by molar-refractivity contribution is 5.92. The second kappa shape index (κ2) is 9.12. The van der Waals surface area contributed by atoms with E-state index in [9.17, 15) is 14.7 Å². The van der Waals surface area contributed by atoms with E-state index < -0.39 is 0 Å². The molecule has 1 aliphatic heterocycles. The summed E-state index contributed by atoms with van der Waals surface area (Å²) in [7, 11) is 0. The van der Waals surface area contributed by atoms with Crippen molar-refractivity contribution in [3.63, 3.8) is 0 Å². The van der Waals surface area contributed by atoms with Gasteiger partial charge in [-0.05, 0) is 42.8 Å². The van der Waals surface area contributed by atoms with E-state index in [1.54, 1.807) is 41.3 Å². The van der Waals surface area contributed by atoms with Gasteiger partial charge in [-0.25, -0.2) is 9.59 Å². The smallest absolute Gasteiger partial charge is 0.338 e. The average molecular weight is 383 g/mol. The molecule has 0 aromatic heterocycles. The molecule has 0 unspecified atom stereocenters. The molecule has 1 fully saturated rings. The number of nitrogens with zero attached hydrogens (tertiary/aromatic N) is 2. The summed E-state index contributed by atoms with van der Waals surface area (Å²) in [6.07, 6.45) is 0.775. The fraction of sp³-hybridized carbons (Fsp3) is 0.333. The maximum absolute atomic E-state index is 12.5. The number of aromatic hydroxyl groups is 1. The number of benzene rings is 2. The van der Waals surface area contributed by atoms with E-state index in [1.807, 2.05) is 19.1 Å². The van der Waals surface area contributed by atoms with Gasteiger partial charge in [0.05, 0.1) is 17.9 Å². The van der Waals surface area contributed by atoms with E-state index in [-0.39, 0.29) is 17.7 Å². The van der Waals surface area contributed by atoms with Crippen molar-refractivity contribution in [1.29, 1.82) is 0 Å². The summed E-state index contributed by atoms with van der Waals surface area (Å²) < 4.78 is 5.09. The number of hydrogen-bond donors (Lipinski definition) is 2. The first-order valence-electron chi connectivity index (χ1n) is 9.44. The van der Waals surface area contributed by atoms with Gasteiger partial charge in [0.15, 0.2) is 0 Å². The molecular formula is C21H25N3O4. The number of hydrogen-bond acceptors (Lipinski definition) is 5. The molecule has 0 spiro atoms. The number of anilines is 2. The van der Waals surface area contributed by atoms with Crippen molar-refractivity contribution in [2.75, 3.05) is 43.0 Å². The van der Waals surface area contributed by atoms with Gasteiger partial charge in [-0.2, -0.15) is 0 Å². The number of carbonyl (C=O) groups excluding carboxylic acids is 2. The van der Waals surface area contributed by atoms with Crippen LogP contribution in [0.15, 0.2) is 48.5 Å². The van der Waals surface area contributed by atoms with Crippen molar-refractivity contribution in [1.82, 2.24) is 4.90 Å². The third-order valence-corrected chi connectivity index (χ3v) is 4.60. The molecule has 148 valence electrons. The first-order valence-corrected chi connectivity index (χ1v) is 9.44. The summed E-state index contributed by atoms with van der Waals surface area (Å²) in [5.41, 5.74) is 1.87. The van der Waals surface area contributed by atoms with Gasteiger partial charge in [-0.1, -0.05) is 19.1 Å². The lowest BCUT2D eigenvalue weighted by atomic mass is 10.2. The van der Waals surface area contributed by atoms with Crippen molar-refractivity contribution in [2.24, 2.45) is 0 Å². The third-order valence-electron chi connectivity index (χ3n) is 4.60. The number of rotatable bonds is 5. The number of carbonyl (C=O) groups is 2. The number of phenolic OH excluding ortho intramolecular Hbond substituents is 1. The summed E-state index contributed by atoms with van der Waals surface area (Å²) in [6.45, 7) is 4.74. The lowest BCUT2D eigenvalue weighted by Crippen LogP contribution is -2.50. The quantitative estimate of drug-likeness (QED) is 0.774. The molecular weight excluding hydrogens is 358 g/mol. The van der Waals surface area contributed by atoms with Gasteiger partial charge in [-0.15, -0.1) is 0 Å². The van der Waals surface area contributed by atoms with E-state index in [1.165, 1.54) is 0 Å². The van der Waals surface area contributed by atoms with E-state index in [0.29, 0.717) is 44.0 Å². The monoisotopic (exact) mass is 383 g/mol. The van der Waals surface area contributed by atoms with Crippen LogP contribution in [0.2, 0.25) is 0 Å². The number of esters is 1. The minimum atomic E-state index is -0.361. The zero-order valence-electron chi connectivity index (χ0n) is 15.9. The van der Waals surface area contributed by atoms with Crippen LogP contribution >= 0.6 is 0 Å². The van der Waals surface area contributed by atoms with Crippen LogP contribution in [0.5, 0.6) is 5.75 Å². The summed E-state index contributed by atoms with van der Waals surface area (Å²) in [6, 6.07) is 13.7. The molecule has 0 aliphatic carbocycles. The second-order valence-corrected chi connectivity index (χ2v) is 6.61. The number of amides is 2. The van der Waals surface area contributed by atoms with Crippen molar-refractivity contribution >= 4 is 23.4 Å². The molecule has 28 heavy (non-hydrogen) atoms. The van der Waals surface area contributed by atoms with E-state index in [4.69, 9.17) is 4.74 Å². The van der Waals surface area contributed by atoms with Gasteiger partial charge < -0.3 is 25.0 Å². The Morgan fingerprint density at radius 1 is 1.04 bits per heavy atom. The molecule has 2 N–H and O–H groups in total. The average Bonchev–Trinajstić information content (AvgIpc) is 2.73. The Hall–Kier alpha value is -3.22. The fourth-order valence-corrected chi connectivity index (χ4v) is 3.05. The van der Waals surface area contributed by atoms with Crippen LogP contribution in [0.1, 0.15) is 23.7 Å². The highest BCUT2D eigenvalue weighted by atomic mass is 16.5. The Kier molecular flexibility index (Phi) is 6.37. The number of phenols is 1. The third kappa shape index (κ3) is 4.73. The molecule has 7 nitrogen and oxygen atoms in total. The molecule has 2 aromatic rings. The molecule has 0 saturated carbocycles. The predicted molar refractivity (Wildman–Crippen MR) is 108 cm³/mol. The van der Waals surface area contributed by atoms with Crippen LogP contribution in [0.4, 0.5) is 16.2 Å². The molecule has 1 saturated heterocycles. The van der Waals surface area contributed by atoms with Crippen LogP contribution < -0.4 is 10.2 Å². The number of ether oxygens (including phenoxy) is 1. The Morgan fingerprint density at radius 3 is 2.36 bits per heavy atom.